The van der Waals surface area contributed by atoms with Gasteiger partial charge in [-0.1, -0.05) is 42.5 Å². The van der Waals surface area contributed by atoms with Crippen molar-refractivity contribution in [1.29, 1.82) is 0 Å². The Hall–Kier alpha value is -3.78. The smallest absolute Gasteiger partial charge is 0.303 e. The summed E-state index contributed by atoms with van der Waals surface area (Å²) in [4.78, 5) is 11.3. The number of aryl methyl sites for hydroxylation is 1. The number of para-hydroxylation sites is 1. The first kappa shape index (κ1) is 23.9. The monoisotopic (exact) mass is 505 g/mol. The van der Waals surface area contributed by atoms with Gasteiger partial charge in [0.25, 0.3) is 10.0 Å². The van der Waals surface area contributed by atoms with Crippen LogP contribution in [0, 0.1) is 6.92 Å². The van der Waals surface area contributed by atoms with E-state index in [1.807, 2.05) is 49.4 Å². The van der Waals surface area contributed by atoms with Gasteiger partial charge in [0.15, 0.2) is 0 Å². The summed E-state index contributed by atoms with van der Waals surface area (Å²) in [7, 11) is -3.90. The molecular formula is C28H27NO6S. The molecule has 5 rings (SSSR count). The first-order valence-electron chi connectivity index (χ1n) is 11.9. The molecule has 2 heterocycles. The highest BCUT2D eigenvalue weighted by Gasteiger charge is 2.35. The maximum atomic E-state index is 13.8. The lowest BCUT2D eigenvalue weighted by Crippen LogP contribution is -2.43. The van der Waals surface area contributed by atoms with Crippen LogP contribution in [-0.4, -0.2) is 38.7 Å². The summed E-state index contributed by atoms with van der Waals surface area (Å²) in [5.74, 6) is 0.305. The molecule has 2 aliphatic heterocycles. The van der Waals surface area contributed by atoms with E-state index in [-0.39, 0.29) is 24.3 Å². The van der Waals surface area contributed by atoms with Crippen LogP contribution in [0.4, 0.5) is 5.69 Å². The van der Waals surface area contributed by atoms with Gasteiger partial charge in [-0.3, -0.25) is 9.10 Å². The van der Waals surface area contributed by atoms with Gasteiger partial charge in [-0.05, 0) is 60.4 Å². The fourth-order valence-corrected chi connectivity index (χ4v) is 6.20. The minimum atomic E-state index is -3.90. The second-order valence-corrected chi connectivity index (χ2v) is 10.9. The fraction of sp³-hybridized carbons (Fsp3) is 0.250. The summed E-state index contributed by atoms with van der Waals surface area (Å²) in [6.45, 7) is 2.46. The lowest BCUT2D eigenvalue weighted by Gasteiger charge is -2.35. The molecule has 0 spiro atoms. The van der Waals surface area contributed by atoms with Crippen LogP contribution in [0.25, 0.3) is 11.6 Å². The van der Waals surface area contributed by atoms with Crippen LogP contribution in [0.3, 0.4) is 0 Å². The number of rotatable bonds is 6. The van der Waals surface area contributed by atoms with E-state index in [1.54, 1.807) is 24.3 Å². The molecule has 1 atom stereocenters. The van der Waals surface area contributed by atoms with Gasteiger partial charge < -0.3 is 14.6 Å². The van der Waals surface area contributed by atoms with Crippen molar-refractivity contribution in [3.05, 3.63) is 83.4 Å². The number of anilines is 1. The Bertz CT molecular complexity index is 1450. The molecule has 1 N–H and O–H groups in total. The highest BCUT2D eigenvalue weighted by Crippen LogP contribution is 2.40. The van der Waals surface area contributed by atoms with Crippen molar-refractivity contribution in [1.82, 2.24) is 0 Å². The van der Waals surface area contributed by atoms with Crippen LogP contribution in [0.1, 0.15) is 36.0 Å². The van der Waals surface area contributed by atoms with E-state index >= 15 is 0 Å². The van der Waals surface area contributed by atoms with E-state index in [0.717, 1.165) is 34.4 Å². The number of aliphatic carboxylic acids is 1. The second-order valence-electron chi connectivity index (χ2n) is 9.02. The quantitative estimate of drug-likeness (QED) is 0.499. The highest BCUT2D eigenvalue weighted by atomic mass is 32.2. The number of ether oxygens (including phenoxy) is 2. The van der Waals surface area contributed by atoms with E-state index in [9.17, 15) is 13.2 Å². The molecule has 3 aromatic carbocycles. The van der Waals surface area contributed by atoms with Gasteiger partial charge in [0.1, 0.15) is 17.6 Å². The van der Waals surface area contributed by atoms with Crippen LogP contribution in [-0.2, 0) is 14.8 Å². The zero-order chi connectivity index (χ0) is 25.3. The molecule has 0 radical (unpaired) electrons. The van der Waals surface area contributed by atoms with Gasteiger partial charge in [0.2, 0.25) is 0 Å². The summed E-state index contributed by atoms with van der Waals surface area (Å²) in [5.41, 5.74) is 4.26. The van der Waals surface area contributed by atoms with E-state index in [1.165, 1.54) is 4.31 Å². The predicted molar refractivity (Wildman–Crippen MR) is 138 cm³/mol. The maximum Gasteiger partial charge on any atom is 0.303 e. The number of nitrogens with zero attached hydrogens (tertiary/aromatic N) is 1. The van der Waals surface area contributed by atoms with Gasteiger partial charge >= 0.3 is 5.97 Å². The van der Waals surface area contributed by atoms with Crippen molar-refractivity contribution in [2.75, 3.05) is 17.5 Å². The van der Waals surface area contributed by atoms with Crippen molar-refractivity contribution in [3.63, 3.8) is 0 Å². The van der Waals surface area contributed by atoms with E-state index in [2.05, 4.69) is 6.08 Å². The Kier molecular flexibility index (Phi) is 6.45. The summed E-state index contributed by atoms with van der Waals surface area (Å²) >= 11 is 0. The van der Waals surface area contributed by atoms with Crippen molar-refractivity contribution >= 4 is 33.3 Å². The van der Waals surface area contributed by atoms with Crippen LogP contribution in [0.2, 0.25) is 0 Å². The molecule has 36 heavy (non-hydrogen) atoms. The SMILES string of the molecule is Cc1cccc(S(=O)(=O)N2C[C@H](CCC(=O)O)Oc3ccc(/C=C4\CCOc5ccccc54)cc32)c1. The number of hydrogen-bond donors (Lipinski definition) is 1. The van der Waals surface area contributed by atoms with Gasteiger partial charge in [0, 0.05) is 18.4 Å². The van der Waals surface area contributed by atoms with E-state index < -0.39 is 22.1 Å². The molecule has 0 aliphatic carbocycles. The number of carboxylic acid groups (broad SMARTS) is 1. The lowest BCUT2D eigenvalue weighted by molar-refractivity contribution is -0.137. The molecular weight excluding hydrogens is 478 g/mol. The molecule has 2 aliphatic rings. The summed E-state index contributed by atoms with van der Waals surface area (Å²) in [5, 5.41) is 9.13. The Balaban J connectivity index is 1.56. The van der Waals surface area contributed by atoms with Gasteiger partial charge in [-0.25, -0.2) is 8.42 Å². The fourth-order valence-electron chi connectivity index (χ4n) is 4.60. The van der Waals surface area contributed by atoms with Crippen LogP contribution < -0.4 is 13.8 Å². The minimum Gasteiger partial charge on any atom is -0.493 e. The average Bonchev–Trinajstić information content (AvgIpc) is 2.87. The molecule has 8 heteroatoms. The molecule has 3 aromatic rings. The van der Waals surface area contributed by atoms with E-state index in [0.29, 0.717) is 18.0 Å². The number of carbonyl (C=O) groups is 1. The van der Waals surface area contributed by atoms with Gasteiger partial charge in [-0.2, -0.15) is 0 Å². The third-order valence-electron chi connectivity index (χ3n) is 6.38. The lowest BCUT2D eigenvalue weighted by atomic mass is 9.97. The van der Waals surface area contributed by atoms with Crippen molar-refractivity contribution < 1.29 is 27.8 Å². The van der Waals surface area contributed by atoms with Crippen LogP contribution in [0.5, 0.6) is 11.5 Å². The second kappa shape index (κ2) is 9.70. The molecule has 186 valence electrons. The molecule has 0 fully saturated rings. The number of benzene rings is 3. The predicted octanol–water partition coefficient (Wildman–Crippen LogP) is 5.14. The Morgan fingerprint density at radius 1 is 1.08 bits per heavy atom. The zero-order valence-electron chi connectivity index (χ0n) is 19.9. The molecule has 0 aromatic heterocycles. The number of carboxylic acids is 1. The number of sulfonamides is 1. The van der Waals surface area contributed by atoms with Crippen LogP contribution >= 0.6 is 0 Å². The molecule has 0 saturated heterocycles. The van der Waals surface area contributed by atoms with Crippen molar-refractivity contribution in [2.24, 2.45) is 0 Å². The Labute approximate surface area is 210 Å². The zero-order valence-corrected chi connectivity index (χ0v) is 20.7. The summed E-state index contributed by atoms with van der Waals surface area (Å²) < 4.78 is 40.7. The first-order valence-corrected chi connectivity index (χ1v) is 13.3. The maximum absolute atomic E-state index is 13.8. The standard InChI is InChI=1S/C28H27NO6S/c1-19-5-4-6-23(15-19)36(32,33)29-18-22(10-12-28(30)31)35-27-11-9-20(17-25(27)29)16-21-13-14-34-26-8-3-2-7-24(21)26/h2-9,11,15-17,22H,10,12-14,18H2,1H3,(H,30,31)/b21-16+/t22-/m0/s1. The topological polar surface area (TPSA) is 93.1 Å². The minimum absolute atomic E-state index is 0.0350. The van der Waals surface area contributed by atoms with E-state index in [4.69, 9.17) is 14.6 Å². The summed E-state index contributed by atoms with van der Waals surface area (Å²) in [6, 6.07) is 20.1. The van der Waals surface area contributed by atoms with Gasteiger partial charge in [0.05, 0.1) is 23.7 Å². The number of fused-ring (bicyclic) bond motifs is 2. The normalized spacial score (nSPS) is 18.1. The molecule has 0 saturated carbocycles. The first-order chi connectivity index (χ1) is 17.3. The molecule has 0 unspecified atom stereocenters. The molecule has 0 bridgehead atoms. The summed E-state index contributed by atoms with van der Waals surface area (Å²) in [6.07, 6.45) is 2.32. The van der Waals surface area contributed by atoms with Gasteiger partial charge in [-0.15, -0.1) is 0 Å². The largest absolute Gasteiger partial charge is 0.493 e. The Morgan fingerprint density at radius 2 is 1.92 bits per heavy atom. The van der Waals surface area contributed by atoms with Crippen molar-refractivity contribution in [3.8, 4) is 11.5 Å². The molecule has 0 amide bonds. The van der Waals surface area contributed by atoms with Crippen LogP contribution in [0.15, 0.2) is 71.6 Å². The highest BCUT2D eigenvalue weighted by molar-refractivity contribution is 7.92. The van der Waals surface area contributed by atoms with Crippen molar-refractivity contribution in [2.45, 2.75) is 37.2 Å². The Morgan fingerprint density at radius 3 is 2.72 bits per heavy atom. The third kappa shape index (κ3) is 4.81. The average molecular weight is 506 g/mol. The number of hydrogen-bond acceptors (Lipinski definition) is 5. The molecule has 7 nitrogen and oxygen atoms in total. The third-order valence-corrected chi connectivity index (χ3v) is 8.15.